The van der Waals surface area contributed by atoms with Crippen molar-refractivity contribution in [3.63, 3.8) is 0 Å². The first kappa shape index (κ1) is 15.0. The summed E-state index contributed by atoms with van der Waals surface area (Å²) in [6.45, 7) is 3.24. The fourth-order valence-electron chi connectivity index (χ4n) is 4.53. The van der Waals surface area contributed by atoms with Gasteiger partial charge in [-0.15, -0.1) is 0 Å². The molecule has 2 aromatic rings. The maximum absolute atomic E-state index is 9.35. The number of piperazine rings is 1. The van der Waals surface area contributed by atoms with Crippen molar-refractivity contribution in [3.05, 3.63) is 42.5 Å². The van der Waals surface area contributed by atoms with E-state index in [0.29, 0.717) is 12.1 Å². The summed E-state index contributed by atoms with van der Waals surface area (Å²) in [5, 5.41) is 12.0. The Morgan fingerprint density at radius 3 is 2.52 bits per heavy atom. The molecule has 1 aliphatic carbocycles. The molecule has 2 aliphatic rings. The van der Waals surface area contributed by atoms with E-state index < -0.39 is 0 Å². The molecular weight excluding hydrogens is 284 g/mol. The van der Waals surface area contributed by atoms with Crippen LogP contribution < -0.4 is 4.90 Å². The molecule has 0 radical (unpaired) electrons. The van der Waals surface area contributed by atoms with Gasteiger partial charge in [0.05, 0.1) is 6.61 Å². The normalized spacial score (nSPS) is 25.5. The van der Waals surface area contributed by atoms with Crippen molar-refractivity contribution in [2.24, 2.45) is 0 Å². The Bertz CT molecular complexity index is 671. The van der Waals surface area contributed by atoms with Gasteiger partial charge in [-0.05, 0) is 35.7 Å². The summed E-state index contributed by atoms with van der Waals surface area (Å²) in [5.41, 5.74) is 1.37. The fraction of sp³-hybridized carbons (Fsp3) is 0.500. The van der Waals surface area contributed by atoms with Gasteiger partial charge in [-0.3, -0.25) is 4.90 Å². The maximum atomic E-state index is 9.35. The lowest BCUT2D eigenvalue weighted by molar-refractivity contribution is 0.0867. The molecule has 2 fully saturated rings. The number of hydrogen-bond donors (Lipinski definition) is 1. The van der Waals surface area contributed by atoms with Crippen LogP contribution in [-0.2, 0) is 0 Å². The Balaban J connectivity index is 1.64. The van der Waals surface area contributed by atoms with Crippen LogP contribution in [0.2, 0.25) is 0 Å². The van der Waals surface area contributed by atoms with E-state index in [1.54, 1.807) is 0 Å². The van der Waals surface area contributed by atoms with E-state index >= 15 is 0 Å². The Labute approximate surface area is 138 Å². The first-order valence-corrected chi connectivity index (χ1v) is 8.97. The zero-order chi connectivity index (χ0) is 15.6. The molecule has 1 saturated carbocycles. The molecule has 0 aromatic heterocycles. The molecule has 1 saturated heterocycles. The summed E-state index contributed by atoms with van der Waals surface area (Å²) in [7, 11) is 0. The third-order valence-electron chi connectivity index (χ3n) is 5.64. The van der Waals surface area contributed by atoms with E-state index in [1.165, 1.54) is 42.1 Å². The van der Waals surface area contributed by atoms with Gasteiger partial charge in [-0.25, -0.2) is 0 Å². The molecule has 2 aromatic carbocycles. The second kappa shape index (κ2) is 6.50. The standard InChI is InChI=1S/C20H26N2O/c23-14-13-21-11-12-22(20-8-4-3-7-19(20)21)18-10-9-16-5-1-2-6-17(16)15-18/h1-2,5-6,9-10,15,19-20,23H,3-4,7-8,11-14H2/t19-,20-/m0/s1. The molecule has 0 bridgehead atoms. The van der Waals surface area contributed by atoms with E-state index in [1.807, 2.05) is 0 Å². The van der Waals surface area contributed by atoms with Crippen molar-refractivity contribution in [1.29, 1.82) is 0 Å². The summed E-state index contributed by atoms with van der Waals surface area (Å²) in [4.78, 5) is 5.14. The van der Waals surface area contributed by atoms with E-state index in [2.05, 4.69) is 52.3 Å². The first-order chi connectivity index (χ1) is 11.4. The van der Waals surface area contributed by atoms with Crippen molar-refractivity contribution in [2.75, 3.05) is 31.1 Å². The molecule has 3 heteroatoms. The number of fused-ring (bicyclic) bond motifs is 2. The van der Waals surface area contributed by atoms with Crippen LogP contribution in [0.1, 0.15) is 25.7 Å². The highest BCUT2D eigenvalue weighted by atomic mass is 16.3. The van der Waals surface area contributed by atoms with Gasteiger partial charge in [0.25, 0.3) is 0 Å². The average Bonchev–Trinajstić information content (AvgIpc) is 2.62. The zero-order valence-corrected chi connectivity index (χ0v) is 13.7. The van der Waals surface area contributed by atoms with E-state index in [-0.39, 0.29) is 6.61 Å². The van der Waals surface area contributed by atoms with Gasteiger partial charge in [-0.2, -0.15) is 0 Å². The lowest BCUT2D eigenvalue weighted by Crippen LogP contribution is -2.61. The predicted octanol–water partition coefficient (Wildman–Crippen LogP) is 3.27. The molecule has 3 nitrogen and oxygen atoms in total. The Hall–Kier alpha value is -1.58. The Morgan fingerprint density at radius 2 is 1.70 bits per heavy atom. The highest BCUT2D eigenvalue weighted by Gasteiger charge is 2.37. The highest BCUT2D eigenvalue weighted by molar-refractivity contribution is 5.86. The van der Waals surface area contributed by atoms with Gasteiger partial charge >= 0.3 is 0 Å². The van der Waals surface area contributed by atoms with E-state index in [4.69, 9.17) is 0 Å². The molecule has 4 rings (SSSR count). The number of β-amino-alcohol motifs (C(OH)–C–C–N with tert-alkyl or cyclic N) is 1. The molecule has 122 valence electrons. The minimum atomic E-state index is 0.277. The Morgan fingerprint density at radius 1 is 0.913 bits per heavy atom. The van der Waals surface area contributed by atoms with Crippen LogP contribution in [0, 0.1) is 0 Å². The topological polar surface area (TPSA) is 26.7 Å². The van der Waals surface area contributed by atoms with Gasteiger partial charge < -0.3 is 10.0 Å². The van der Waals surface area contributed by atoms with Crippen molar-refractivity contribution >= 4 is 16.5 Å². The fourth-order valence-corrected chi connectivity index (χ4v) is 4.53. The van der Waals surface area contributed by atoms with Gasteiger partial charge in [0.15, 0.2) is 0 Å². The Kier molecular flexibility index (Phi) is 4.23. The van der Waals surface area contributed by atoms with Crippen molar-refractivity contribution in [2.45, 2.75) is 37.8 Å². The van der Waals surface area contributed by atoms with Crippen LogP contribution in [0.5, 0.6) is 0 Å². The van der Waals surface area contributed by atoms with Crippen LogP contribution in [0.3, 0.4) is 0 Å². The van der Waals surface area contributed by atoms with Crippen molar-refractivity contribution in [3.8, 4) is 0 Å². The van der Waals surface area contributed by atoms with E-state index in [0.717, 1.165) is 19.6 Å². The number of aliphatic hydroxyl groups excluding tert-OH is 1. The second-order valence-corrected chi connectivity index (χ2v) is 6.90. The summed E-state index contributed by atoms with van der Waals surface area (Å²) < 4.78 is 0. The molecule has 23 heavy (non-hydrogen) atoms. The summed E-state index contributed by atoms with van der Waals surface area (Å²) in [6.07, 6.45) is 5.21. The number of nitrogens with zero attached hydrogens (tertiary/aromatic N) is 2. The summed E-state index contributed by atoms with van der Waals surface area (Å²) in [5.74, 6) is 0. The molecule has 1 aliphatic heterocycles. The molecule has 0 unspecified atom stereocenters. The largest absolute Gasteiger partial charge is 0.395 e. The van der Waals surface area contributed by atoms with Crippen LogP contribution in [0.25, 0.3) is 10.8 Å². The number of aliphatic hydroxyl groups is 1. The number of hydrogen-bond acceptors (Lipinski definition) is 3. The minimum absolute atomic E-state index is 0.277. The molecule has 0 spiro atoms. The quantitative estimate of drug-likeness (QED) is 0.942. The second-order valence-electron chi connectivity index (χ2n) is 6.90. The van der Waals surface area contributed by atoms with Crippen molar-refractivity contribution < 1.29 is 5.11 Å². The predicted molar refractivity (Wildman–Crippen MR) is 96.0 cm³/mol. The van der Waals surface area contributed by atoms with Crippen LogP contribution in [-0.4, -0.2) is 48.3 Å². The third-order valence-corrected chi connectivity index (χ3v) is 5.64. The molecule has 2 atom stereocenters. The molecular formula is C20H26N2O. The maximum Gasteiger partial charge on any atom is 0.0558 e. The average molecular weight is 310 g/mol. The van der Waals surface area contributed by atoms with Crippen molar-refractivity contribution in [1.82, 2.24) is 4.90 Å². The molecule has 1 heterocycles. The van der Waals surface area contributed by atoms with Gasteiger partial charge in [0.2, 0.25) is 0 Å². The smallest absolute Gasteiger partial charge is 0.0558 e. The van der Waals surface area contributed by atoms with Crippen LogP contribution in [0.15, 0.2) is 42.5 Å². The van der Waals surface area contributed by atoms with Crippen LogP contribution >= 0.6 is 0 Å². The molecule has 1 N–H and O–H groups in total. The van der Waals surface area contributed by atoms with E-state index in [9.17, 15) is 5.11 Å². The number of anilines is 1. The highest BCUT2D eigenvalue weighted by Crippen LogP contribution is 2.34. The van der Waals surface area contributed by atoms with Crippen LogP contribution in [0.4, 0.5) is 5.69 Å². The monoisotopic (exact) mass is 310 g/mol. The number of benzene rings is 2. The zero-order valence-electron chi connectivity index (χ0n) is 13.7. The van der Waals surface area contributed by atoms with Gasteiger partial charge in [0.1, 0.15) is 0 Å². The number of rotatable bonds is 3. The lowest BCUT2D eigenvalue weighted by atomic mass is 9.86. The summed E-state index contributed by atoms with van der Waals surface area (Å²) in [6, 6.07) is 16.7. The SMILES string of the molecule is OCCN1CCN(c2ccc3ccccc3c2)[C@H]2CCCC[C@@H]21. The minimum Gasteiger partial charge on any atom is -0.395 e. The van der Waals surface area contributed by atoms with Gasteiger partial charge in [0, 0.05) is 37.4 Å². The van der Waals surface area contributed by atoms with Gasteiger partial charge in [-0.1, -0.05) is 43.2 Å². The lowest BCUT2D eigenvalue weighted by Gasteiger charge is -2.51. The third kappa shape index (κ3) is 2.84. The molecule has 0 amide bonds. The summed E-state index contributed by atoms with van der Waals surface area (Å²) >= 11 is 0. The first-order valence-electron chi connectivity index (χ1n) is 8.97.